The van der Waals surface area contributed by atoms with E-state index in [9.17, 15) is 4.39 Å². The Morgan fingerprint density at radius 2 is 2.05 bits per heavy atom. The van der Waals surface area contributed by atoms with Gasteiger partial charge in [-0.25, -0.2) is 9.37 Å². The second-order valence-electron chi connectivity index (χ2n) is 4.30. The van der Waals surface area contributed by atoms with Gasteiger partial charge in [-0.1, -0.05) is 6.07 Å². The van der Waals surface area contributed by atoms with Gasteiger partial charge < -0.3 is 16.2 Å². The molecule has 2 aromatic rings. The summed E-state index contributed by atoms with van der Waals surface area (Å²) >= 11 is 0. The van der Waals surface area contributed by atoms with E-state index >= 15 is 0 Å². The summed E-state index contributed by atoms with van der Waals surface area (Å²) in [7, 11) is 1.41. The first-order valence-electron chi connectivity index (χ1n) is 5.84. The molecule has 0 radical (unpaired) electrons. The molecule has 1 aromatic carbocycles. The summed E-state index contributed by atoms with van der Waals surface area (Å²) in [5, 5.41) is 0. The summed E-state index contributed by atoms with van der Waals surface area (Å²) in [6.45, 7) is 1.91. The maximum absolute atomic E-state index is 13.4. The summed E-state index contributed by atoms with van der Waals surface area (Å²) in [4.78, 5) is 4.04. The smallest absolute Gasteiger partial charge is 0.165 e. The third kappa shape index (κ3) is 2.51. The van der Waals surface area contributed by atoms with E-state index in [2.05, 4.69) is 4.98 Å². The van der Waals surface area contributed by atoms with Gasteiger partial charge in [0.25, 0.3) is 0 Å². The number of anilines is 1. The summed E-state index contributed by atoms with van der Waals surface area (Å²) < 4.78 is 18.3. The number of nitrogens with two attached hydrogens (primary N) is 2. The number of halogens is 1. The molecule has 4 N–H and O–H groups in total. The van der Waals surface area contributed by atoms with Gasteiger partial charge in [0.1, 0.15) is 5.82 Å². The fourth-order valence-corrected chi connectivity index (χ4v) is 2.03. The zero-order valence-corrected chi connectivity index (χ0v) is 10.9. The van der Waals surface area contributed by atoms with Gasteiger partial charge in [0.05, 0.1) is 13.2 Å². The Kier molecular flexibility index (Phi) is 3.66. The van der Waals surface area contributed by atoms with Crippen molar-refractivity contribution in [2.24, 2.45) is 5.73 Å². The minimum atomic E-state index is -0.469. The van der Waals surface area contributed by atoms with Crippen molar-refractivity contribution < 1.29 is 9.13 Å². The Morgan fingerprint density at radius 3 is 2.68 bits per heavy atom. The fourth-order valence-electron chi connectivity index (χ4n) is 2.03. The molecule has 0 bridgehead atoms. The highest BCUT2D eigenvalue weighted by molar-refractivity contribution is 5.50. The van der Waals surface area contributed by atoms with Gasteiger partial charge in [-0.05, 0) is 36.2 Å². The molecular formula is C14H16FN3O. The first kappa shape index (κ1) is 13.3. The molecule has 0 saturated heterocycles. The van der Waals surface area contributed by atoms with Crippen molar-refractivity contribution in [2.45, 2.75) is 13.0 Å². The number of nitrogens with zero attached hydrogens (tertiary/aromatic N) is 1. The van der Waals surface area contributed by atoms with E-state index < -0.39 is 11.9 Å². The number of pyridine rings is 1. The van der Waals surface area contributed by atoms with E-state index in [1.165, 1.54) is 13.2 Å². The molecule has 5 heteroatoms. The maximum Gasteiger partial charge on any atom is 0.165 e. The summed E-state index contributed by atoms with van der Waals surface area (Å²) in [5.41, 5.74) is 14.5. The lowest BCUT2D eigenvalue weighted by atomic mass is 9.96. The molecule has 0 saturated carbocycles. The summed E-state index contributed by atoms with van der Waals surface area (Å²) in [6, 6.07) is 5.89. The summed E-state index contributed by atoms with van der Waals surface area (Å²) in [6.07, 6.45) is 1.63. The lowest BCUT2D eigenvalue weighted by molar-refractivity contribution is 0.385. The van der Waals surface area contributed by atoms with Crippen LogP contribution in [0.25, 0.3) is 0 Å². The highest BCUT2D eigenvalue weighted by atomic mass is 19.1. The van der Waals surface area contributed by atoms with Crippen molar-refractivity contribution in [1.29, 1.82) is 0 Å². The molecule has 0 aliphatic rings. The molecule has 1 atom stereocenters. The van der Waals surface area contributed by atoms with Crippen molar-refractivity contribution in [3.05, 3.63) is 53.0 Å². The van der Waals surface area contributed by atoms with Crippen LogP contribution in [0, 0.1) is 12.7 Å². The van der Waals surface area contributed by atoms with E-state index in [1.54, 1.807) is 18.3 Å². The van der Waals surface area contributed by atoms with Crippen LogP contribution in [0.1, 0.15) is 22.7 Å². The topological polar surface area (TPSA) is 74.2 Å². The number of methoxy groups -OCH3 is 1. The highest BCUT2D eigenvalue weighted by Gasteiger charge is 2.17. The first-order valence-corrected chi connectivity index (χ1v) is 5.84. The fraction of sp³-hybridized carbons (Fsp3) is 0.214. The number of hydrogen-bond acceptors (Lipinski definition) is 4. The highest BCUT2D eigenvalue weighted by Crippen LogP contribution is 2.29. The Labute approximate surface area is 111 Å². The largest absolute Gasteiger partial charge is 0.494 e. The maximum atomic E-state index is 13.4. The number of hydrogen-bond donors (Lipinski definition) is 2. The van der Waals surface area contributed by atoms with Crippen molar-refractivity contribution >= 4 is 5.82 Å². The molecular weight excluding hydrogens is 245 g/mol. The monoisotopic (exact) mass is 261 g/mol. The molecule has 0 amide bonds. The van der Waals surface area contributed by atoms with Gasteiger partial charge in [-0.2, -0.15) is 0 Å². The number of ether oxygens (including phenoxy) is 1. The van der Waals surface area contributed by atoms with Crippen LogP contribution in [0.4, 0.5) is 10.2 Å². The predicted molar refractivity (Wildman–Crippen MR) is 72.4 cm³/mol. The minimum Gasteiger partial charge on any atom is -0.494 e. The molecule has 100 valence electrons. The molecule has 0 aliphatic heterocycles. The normalized spacial score (nSPS) is 12.2. The van der Waals surface area contributed by atoms with Crippen LogP contribution in [0.3, 0.4) is 0 Å². The Morgan fingerprint density at radius 1 is 1.32 bits per heavy atom. The molecule has 19 heavy (non-hydrogen) atoms. The quantitative estimate of drug-likeness (QED) is 0.888. The second kappa shape index (κ2) is 5.24. The zero-order chi connectivity index (χ0) is 14.0. The third-order valence-corrected chi connectivity index (χ3v) is 3.08. The van der Waals surface area contributed by atoms with Gasteiger partial charge in [0, 0.05) is 11.8 Å². The second-order valence-corrected chi connectivity index (χ2v) is 4.30. The van der Waals surface area contributed by atoms with Crippen LogP contribution < -0.4 is 16.2 Å². The molecule has 1 unspecified atom stereocenters. The number of nitrogen functional groups attached to an aromatic ring is 1. The number of benzene rings is 1. The average molecular weight is 261 g/mol. The van der Waals surface area contributed by atoms with Crippen LogP contribution in [0.2, 0.25) is 0 Å². The average Bonchev–Trinajstić information content (AvgIpc) is 2.39. The minimum absolute atomic E-state index is 0.160. The zero-order valence-electron chi connectivity index (χ0n) is 10.9. The number of rotatable bonds is 3. The molecule has 0 fully saturated rings. The van der Waals surface area contributed by atoms with Gasteiger partial charge in [-0.15, -0.1) is 0 Å². The Balaban J connectivity index is 2.47. The van der Waals surface area contributed by atoms with Crippen LogP contribution in [0.5, 0.6) is 5.75 Å². The van der Waals surface area contributed by atoms with Crippen LogP contribution in [0.15, 0.2) is 30.5 Å². The van der Waals surface area contributed by atoms with E-state index in [4.69, 9.17) is 16.2 Å². The molecule has 2 rings (SSSR count). The Hall–Kier alpha value is -2.14. The van der Waals surface area contributed by atoms with Gasteiger partial charge >= 0.3 is 0 Å². The standard InChI is InChI=1S/C14H16FN3O/c1-8-5-6-18-14(17)12(8)13(16)9-3-4-10(15)11(7-9)19-2/h3-7,13H,16H2,1-2H3,(H2,17,18). The lowest BCUT2D eigenvalue weighted by Gasteiger charge is -2.17. The van der Waals surface area contributed by atoms with E-state index in [-0.39, 0.29) is 5.75 Å². The molecule has 1 aromatic heterocycles. The lowest BCUT2D eigenvalue weighted by Crippen LogP contribution is -2.16. The van der Waals surface area contributed by atoms with Gasteiger partial charge in [-0.3, -0.25) is 0 Å². The van der Waals surface area contributed by atoms with E-state index in [0.29, 0.717) is 5.82 Å². The van der Waals surface area contributed by atoms with Gasteiger partial charge in [0.15, 0.2) is 11.6 Å². The van der Waals surface area contributed by atoms with E-state index in [0.717, 1.165) is 16.7 Å². The van der Waals surface area contributed by atoms with E-state index in [1.807, 2.05) is 13.0 Å². The Bertz CT molecular complexity index is 581. The van der Waals surface area contributed by atoms with Crippen molar-refractivity contribution in [2.75, 3.05) is 12.8 Å². The SMILES string of the molecule is COc1cc(C(N)c2c(C)ccnc2N)ccc1F. The van der Waals surface area contributed by atoms with Crippen LogP contribution in [-0.4, -0.2) is 12.1 Å². The molecule has 0 spiro atoms. The molecule has 0 aliphatic carbocycles. The third-order valence-electron chi connectivity index (χ3n) is 3.08. The predicted octanol–water partition coefficient (Wildman–Crippen LogP) is 2.17. The molecule has 1 heterocycles. The number of aromatic nitrogens is 1. The number of aryl methyl sites for hydroxylation is 1. The first-order chi connectivity index (χ1) is 9.04. The van der Waals surface area contributed by atoms with Crippen molar-refractivity contribution in [3.8, 4) is 5.75 Å². The van der Waals surface area contributed by atoms with Crippen molar-refractivity contribution in [3.63, 3.8) is 0 Å². The molecule has 4 nitrogen and oxygen atoms in total. The van der Waals surface area contributed by atoms with Crippen molar-refractivity contribution in [1.82, 2.24) is 4.98 Å². The van der Waals surface area contributed by atoms with Gasteiger partial charge in [0.2, 0.25) is 0 Å². The van der Waals surface area contributed by atoms with Crippen LogP contribution in [-0.2, 0) is 0 Å². The van der Waals surface area contributed by atoms with Crippen LogP contribution >= 0.6 is 0 Å². The summed E-state index contributed by atoms with van der Waals surface area (Å²) in [5.74, 6) is 0.123.